The Hall–Kier alpha value is -2.02. The van der Waals surface area contributed by atoms with Gasteiger partial charge in [-0.25, -0.2) is 0 Å². The minimum absolute atomic E-state index is 0.627. The van der Waals surface area contributed by atoms with Crippen LogP contribution in [0.4, 0.5) is 0 Å². The van der Waals surface area contributed by atoms with Gasteiger partial charge in [-0.2, -0.15) is 0 Å². The minimum Gasteiger partial charge on any atom is -0.489 e. The maximum absolute atomic E-state index is 5.76. The molecular formula is C17H18O. The van der Waals surface area contributed by atoms with Gasteiger partial charge in [-0.05, 0) is 24.1 Å². The Morgan fingerprint density at radius 1 is 0.944 bits per heavy atom. The standard InChI is InChI=1S/C17H18O/c1-2-3-13-18-17-12-8-7-11-16(17)14-15-9-5-4-6-10-15/h2-12H,13-14H2,1H3. The zero-order valence-electron chi connectivity index (χ0n) is 10.7. The highest BCUT2D eigenvalue weighted by atomic mass is 16.5. The molecule has 0 saturated carbocycles. The molecule has 92 valence electrons. The van der Waals surface area contributed by atoms with Gasteiger partial charge in [0.05, 0.1) is 0 Å². The summed E-state index contributed by atoms with van der Waals surface area (Å²) < 4.78 is 5.76. The summed E-state index contributed by atoms with van der Waals surface area (Å²) in [5.74, 6) is 0.972. The predicted molar refractivity (Wildman–Crippen MR) is 76.0 cm³/mol. The quantitative estimate of drug-likeness (QED) is 0.708. The maximum atomic E-state index is 5.76. The predicted octanol–water partition coefficient (Wildman–Crippen LogP) is 4.23. The smallest absolute Gasteiger partial charge is 0.123 e. The summed E-state index contributed by atoms with van der Waals surface area (Å²) >= 11 is 0. The molecule has 2 rings (SSSR count). The van der Waals surface area contributed by atoms with Gasteiger partial charge < -0.3 is 4.74 Å². The molecule has 0 aliphatic heterocycles. The molecule has 0 N–H and O–H groups in total. The molecule has 0 aromatic heterocycles. The Balaban J connectivity index is 2.12. The van der Waals surface area contributed by atoms with Gasteiger partial charge in [0, 0.05) is 6.42 Å². The summed E-state index contributed by atoms with van der Waals surface area (Å²) in [6.45, 7) is 2.63. The monoisotopic (exact) mass is 238 g/mol. The molecule has 0 atom stereocenters. The second kappa shape index (κ2) is 6.65. The molecule has 18 heavy (non-hydrogen) atoms. The highest BCUT2D eigenvalue weighted by Gasteiger charge is 2.03. The lowest BCUT2D eigenvalue weighted by Gasteiger charge is -2.10. The summed E-state index contributed by atoms with van der Waals surface area (Å²) in [7, 11) is 0. The molecule has 1 heteroatoms. The molecule has 0 unspecified atom stereocenters. The zero-order valence-corrected chi connectivity index (χ0v) is 10.7. The van der Waals surface area contributed by atoms with Gasteiger partial charge in [0.15, 0.2) is 0 Å². The number of hydrogen-bond acceptors (Lipinski definition) is 1. The van der Waals surface area contributed by atoms with Crippen LogP contribution in [-0.4, -0.2) is 6.61 Å². The SMILES string of the molecule is CC=CCOc1ccccc1Cc1ccccc1. The van der Waals surface area contributed by atoms with Crippen LogP contribution in [0.25, 0.3) is 0 Å². The lowest BCUT2D eigenvalue weighted by molar-refractivity contribution is 0.359. The van der Waals surface area contributed by atoms with E-state index in [1.165, 1.54) is 11.1 Å². The first-order valence-electron chi connectivity index (χ1n) is 6.26. The van der Waals surface area contributed by atoms with Gasteiger partial charge in [-0.15, -0.1) is 0 Å². The fourth-order valence-corrected chi connectivity index (χ4v) is 1.84. The topological polar surface area (TPSA) is 9.23 Å². The number of ether oxygens (including phenoxy) is 1. The highest BCUT2D eigenvalue weighted by molar-refractivity contribution is 5.37. The number of benzene rings is 2. The van der Waals surface area contributed by atoms with Crippen LogP contribution >= 0.6 is 0 Å². The lowest BCUT2D eigenvalue weighted by Crippen LogP contribution is -1.98. The van der Waals surface area contributed by atoms with Gasteiger partial charge in [0.2, 0.25) is 0 Å². The summed E-state index contributed by atoms with van der Waals surface area (Å²) in [4.78, 5) is 0. The fraction of sp³-hybridized carbons (Fsp3) is 0.176. The highest BCUT2D eigenvalue weighted by Crippen LogP contribution is 2.21. The number of para-hydroxylation sites is 1. The first-order valence-corrected chi connectivity index (χ1v) is 6.26. The number of rotatable bonds is 5. The molecular weight excluding hydrogens is 220 g/mol. The van der Waals surface area contributed by atoms with Gasteiger partial charge in [-0.3, -0.25) is 0 Å². The van der Waals surface area contributed by atoms with Gasteiger partial charge in [0.25, 0.3) is 0 Å². The Morgan fingerprint density at radius 3 is 2.44 bits per heavy atom. The van der Waals surface area contributed by atoms with E-state index in [0.717, 1.165) is 12.2 Å². The molecule has 0 heterocycles. The van der Waals surface area contributed by atoms with E-state index >= 15 is 0 Å². The normalized spacial score (nSPS) is 10.7. The third-order valence-corrected chi connectivity index (χ3v) is 2.78. The molecule has 0 saturated heterocycles. The van der Waals surface area contributed by atoms with E-state index in [2.05, 4.69) is 36.4 Å². The first kappa shape index (κ1) is 12.4. The molecule has 0 bridgehead atoms. The van der Waals surface area contributed by atoms with E-state index in [0.29, 0.717) is 6.61 Å². The van der Waals surface area contributed by atoms with E-state index < -0.39 is 0 Å². The van der Waals surface area contributed by atoms with Crippen LogP contribution in [0, 0.1) is 0 Å². The van der Waals surface area contributed by atoms with Crippen LogP contribution in [0.3, 0.4) is 0 Å². The van der Waals surface area contributed by atoms with Crippen molar-refractivity contribution in [2.45, 2.75) is 13.3 Å². The van der Waals surface area contributed by atoms with Crippen LogP contribution < -0.4 is 4.74 Å². The molecule has 2 aromatic rings. The summed E-state index contributed by atoms with van der Waals surface area (Å²) in [6, 6.07) is 18.7. The Labute approximate surface area is 109 Å². The fourth-order valence-electron chi connectivity index (χ4n) is 1.84. The molecule has 0 radical (unpaired) electrons. The van der Waals surface area contributed by atoms with Crippen molar-refractivity contribution < 1.29 is 4.74 Å². The summed E-state index contributed by atoms with van der Waals surface area (Å²) in [5, 5.41) is 0. The average molecular weight is 238 g/mol. The second-order valence-electron chi connectivity index (χ2n) is 4.15. The van der Waals surface area contributed by atoms with Gasteiger partial charge in [-0.1, -0.05) is 60.7 Å². The Morgan fingerprint density at radius 2 is 1.67 bits per heavy atom. The van der Waals surface area contributed by atoms with E-state index in [9.17, 15) is 0 Å². The van der Waals surface area contributed by atoms with Crippen LogP contribution in [0.15, 0.2) is 66.7 Å². The van der Waals surface area contributed by atoms with Crippen LogP contribution in [0.5, 0.6) is 5.75 Å². The Kier molecular flexibility index (Phi) is 4.60. The molecule has 0 spiro atoms. The lowest BCUT2D eigenvalue weighted by atomic mass is 10.0. The average Bonchev–Trinajstić information content (AvgIpc) is 2.42. The summed E-state index contributed by atoms with van der Waals surface area (Å²) in [5.41, 5.74) is 2.53. The van der Waals surface area contributed by atoms with E-state index in [4.69, 9.17) is 4.74 Å². The van der Waals surface area contributed by atoms with Crippen molar-refractivity contribution in [1.29, 1.82) is 0 Å². The van der Waals surface area contributed by atoms with Crippen molar-refractivity contribution in [3.63, 3.8) is 0 Å². The van der Waals surface area contributed by atoms with E-state index in [-0.39, 0.29) is 0 Å². The molecule has 0 fully saturated rings. The first-order chi connectivity index (χ1) is 8.90. The molecule has 1 nitrogen and oxygen atoms in total. The summed E-state index contributed by atoms with van der Waals surface area (Å²) in [6.07, 6.45) is 4.92. The number of hydrogen-bond donors (Lipinski definition) is 0. The minimum atomic E-state index is 0.627. The van der Waals surface area contributed by atoms with Gasteiger partial charge in [0.1, 0.15) is 12.4 Å². The van der Waals surface area contributed by atoms with Crippen molar-refractivity contribution in [3.8, 4) is 5.75 Å². The molecule has 2 aromatic carbocycles. The van der Waals surface area contributed by atoms with Crippen molar-refractivity contribution in [3.05, 3.63) is 77.9 Å². The number of allylic oxidation sites excluding steroid dienone is 1. The van der Waals surface area contributed by atoms with Crippen LogP contribution in [-0.2, 0) is 6.42 Å². The molecule has 0 aliphatic carbocycles. The van der Waals surface area contributed by atoms with E-state index in [1.54, 1.807) is 0 Å². The third-order valence-electron chi connectivity index (χ3n) is 2.78. The maximum Gasteiger partial charge on any atom is 0.123 e. The van der Waals surface area contributed by atoms with Crippen LogP contribution in [0.2, 0.25) is 0 Å². The largest absolute Gasteiger partial charge is 0.489 e. The second-order valence-corrected chi connectivity index (χ2v) is 4.15. The van der Waals surface area contributed by atoms with Crippen molar-refractivity contribution in [2.24, 2.45) is 0 Å². The third kappa shape index (κ3) is 3.49. The molecule has 0 amide bonds. The van der Waals surface area contributed by atoms with Gasteiger partial charge >= 0.3 is 0 Å². The van der Waals surface area contributed by atoms with Crippen molar-refractivity contribution in [1.82, 2.24) is 0 Å². The Bertz CT molecular complexity index is 500. The van der Waals surface area contributed by atoms with Crippen LogP contribution in [0.1, 0.15) is 18.1 Å². The zero-order chi connectivity index (χ0) is 12.6. The van der Waals surface area contributed by atoms with Crippen molar-refractivity contribution >= 4 is 0 Å². The van der Waals surface area contributed by atoms with Crippen molar-refractivity contribution in [2.75, 3.05) is 6.61 Å². The van der Waals surface area contributed by atoms with E-state index in [1.807, 2.05) is 37.3 Å². The molecule has 0 aliphatic rings.